The largest absolute Gasteiger partial charge is 0.381 e. The minimum absolute atomic E-state index is 0.192. The second-order valence-electron chi connectivity index (χ2n) is 4.46. The Hall–Kier alpha value is -0.300. The first-order chi connectivity index (χ1) is 7.81. The molecule has 0 saturated heterocycles. The van der Waals surface area contributed by atoms with Gasteiger partial charge in [0.1, 0.15) is 0 Å². The zero-order chi connectivity index (χ0) is 12.1. The maximum Gasteiger partial charge on any atom is 0.0572 e. The summed E-state index contributed by atoms with van der Waals surface area (Å²) in [6.45, 7) is 6.12. The van der Waals surface area contributed by atoms with Gasteiger partial charge in [0.25, 0.3) is 0 Å². The van der Waals surface area contributed by atoms with E-state index in [4.69, 9.17) is 4.74 Å². The van der Waals surface area contributed by atoms with Gasteiger partial charge in [-0.15, -0.1) is 0 Å². The van der Waals surface area contributed by atoms with E-state index < -0.39 is 0 Å². The second-order valence-corrected chi connectivity index (χ2v) is 4.46. The van der Waals surface area contributed by atoms with Gasteiger partial charge in [0.05, 0.1) is 6.10 Å². The molecule has 0 aliphatic carbocycles. The maximum absolute atomic E-state index is 5.11. The smallest absolute Gasteiger partial charge is 0.0572 e. The Kier molecular flexibility index (Phi) is 12.5. The SMILES string of the molecule is [CH2]C(CCCCCCCC=CCCC)OC. The molecular weight excluding hydrogens is 196 g/mol. The number of hydrogen-bond acceptors (Lipinski definition) is 1. The molecule has 0 aromatic rings. The highest BCUT2D eigenvalue weighted by Crippen LogP contribution is 2.10. The maximum atomic E-state index is 5.11. The third kappa shape index (κ3) is 11.8. The summed E-state index contributed by atoms with van der Waals surface area (Å²) in [6.07, 6.45) is 16.4. The summed E-state index contributed by atoms with van der Waals surface area (Å²) in [5.41, 5.74) is 0. The predicted molar refractivity (Wildman–Crippen MR) is 72.5 cm³/mol. The molecule has 16 heavy (non-hydrogen) atoms. The lowest BCUT2D eigenvalue weighted by molar-refractivity contribution is 0.129. The zero-order valence-corrected chi connectivity index (χ0v) is 11.2. The molecule has 0 fully saturated rings. The average Bonchev–Trinajstić information content (AvgIpc) is 2.31. The van der Waals surface area contributed by atoms with Gasteiger partial charge in [0, 0.05) is 7.11 Å². The van der Waals surface area contributed by atoms with E-state index in [0.29, 0.717) is 0 Å². The van der Waals surface area contributed by atoms with E-state index >= 15 is 0 Å². The summed E-state index contributed by atoms with van der Waals surface area (Å²) in [4.78, 5) is 0. The van der Waals surface area contributed by atoms with Crippen molar-refractivity contribution in [2.75, 3.05) is 7.11 Å². The highest BCUT2D eigenvalue weighted by atomic mass is 16.5. The standard InChI is InChI=1S/C15H29O/c1-4-5-6-7-8-9-10-11-12-13-14-15(2)16-3/h6-7,15H,2,4-5,8-14H2,1,3H3. The van der Waals surface area contributed by atoms with Gasteiger partial charge in [-0.25, -0.2) is 0 Å². The van der Waals surface area contributed by atoms with Crippen LogP contribution < -0.4 is 0 Å². The fourth-order valence-corrected chi connectivity index (χ4v) is 1.68. The van der Waals surface area contributed by atoms with Crippen LogP contribution in [0.5, 0.6) is 0 Å². The molecular formula is C15H29O. The Morgan fingerprint density at radius 2 is 1.62 bits per heavy atom. The lowest BCUT2D eigenvalue weighted by Crippen LogP contribution is -2.04. The van der Waals surface area contributed by atoms with E-state index in [1.807, 2.05) is 0 Å². The van der Waals surface area contributed by atoms with Crippen LogP contribution in [0.4, 0.5) is 0 Å². The van der Waals surface area contributed by atoms with Gasteiger partial charge in [-0.3, -0.25) is 0 Å². The number of ether oxygens (including phenoxy) is 1. The van der Waals surface area contributed by atoms with Gasteiger partial charge in [0.2, 0.25) is 0 Å². The van der Waals surface area contributed by atoms with Gasteiger partial charge < -0.3 is 4.74 Å². The molecule has 1 heteroatoms. The van der Waals surface area contributed by atoms with Crippen molar-refractivity contribution in [1.82, 2.24) is 0 Å². The molecule has 0 heterocycles. The van der Waals surface area contributed by atoms with Crippen molar-refractivity contribution >= 4 is 0 Å². The van der Waals surface area contributed by atoms with E-state index in [1.165, 1.54) is 51.4 Å². The molecule has 0 saturated carbocycles. The Morgan fingerprint density at radius 3 is 2.31 bits per heavy atom. The number of unbranched alkanes of at least 4 members (excludes halogenated alkanes) is 6. The van der Waals surface area contributed by atoms with Gasteiger partial charge in [-0.2, -0.15) is 0 Å². The van der Waals surface area contributed by atoms with E-state index in [1.54, 1.807) is 7.11 Å². The Bertz CT molecular complexity index is 152. The van der Waals surface area contributed by atoms with Crippen LogP contribution >= 0.6 is 0 Å². The molecule has 0 spiro atoms. The summed E-state index contributed by atoms with van der Waals surface area (Å²) in [5, 5.41) is 0. The molecule has 95 valence electrons. The molecule has 1 nitrogen and oxygen atoms in total. The summed E-state index contributed by atoms with van der Waals surface area (Å²) < 4.78 is 5.11. The van der Waals surface area contributed by atoms with Crippen LogP contribution in [0.15, 0.2) is 12.2 Å². The normalized spacial score (nSPS) is 13.4. The lowest BCUT2D eigenvalue weighted by Gasteiger charge is -2.07. The predicted octanol–water partition coefficient (Wildman–Crippen LogP) is 4.92. The van der Waals surface area contributed by atoms with Crippen molar-refractivity contribution in [3.63, 3.8) is 0 Å². The van der Waals surface area contributed by atoms with Crippen molar-refractivity contribution in [2.24, 2.45) is 0 Å². The van der Waals surface area contributed by atoms with Gasteiger partial charge >= 0.3 is 0 Å². The van der Waals surface area contributed by atoms with Crippen molar-refractivity contribution in [1.29, 1.82) is 0 Å². The number of allylic oxidation sites excluding steroid dienone is 2. The number of rotatable bonds is 11. The first kappa shape index (κ1) is 15.7. The van der Waals surface area contributed by atoms with Crippen LogP contribution in [0.1, 0.15) is 64.7 Å². The van der Waals surface area contributed by atoms with Crippen molar-refractivity contribution in [3.8, 4) is 0 Å². The number of hydrogen-bond donors (Lipinski definition) is 0. The highest BCUT2D eigenvalue weighted by molar-refractivity contribution is 4.80. The third-order valence-corrected chi connectivity index (χ3v) is 2.85. The Labute approximate surface area is 102 Å². The molecule has 0 aromatic heterocycles. The summed E-state index contributed by atoms with van der Waals surface area (Å²) in [5.74, 6) is 0. The van der Waals surface area contributed by atoms with Crippen molar-refractivity contribution in [3.05, 3.63) is 19.1 Å². The lowest BCUT2D eigenvalue weighted by atomic mass is 10.1. The topological polar surface area (TPSA) is 9.23 Å². The molecule has 0 aliphatic heterocycles. The van der Waals surface area contributed by atoms with Gasteiger partial charge in [-0.1, -0.05) is 51.2 Å². The molecule has 0 bridgehead atoms. The van der Waals surface area contributed by atoms with Gasteiger partial charge in [0.15, 0.2) is 0 Å². The Morgan fingerprint density at radius 1 is 1.00 bits per heavy atom. The number of methoxy groups -OCH3 is 1. The fraction of sp³-hybridized carbons (Fsp3) is 0.800. The molecule has 0 aliphatic rings. The highest BCUT2D eigenvalue weighted by Gasteiger charge is 1.98. The molecule has 0 N–H and O–H groups in total. The van der Waals surface area contributed by atoms with E-state index in [2.05, 4.69) is 26.0 Å². The first-order valence-corrected chi connectivity index (χ1v) is 6.82. The van der Waals surface area contributed by atoms with Crippen LogP contribution in [0.3, 0.4) is 0 Å². The molecule has 0 amide bonds. The molecule has 1 radical (unpaired) electrons. The fourth-order valence-electron chi connectivity index (χ4n) is 1.68. The first-order valence-electron chi connectivity index (χ1n) is 6.82. The van der Waals surface area contributed by atoms with Crippen LogP contribution in [0, 0.1) is 6.92 Å². The second kappa shape index (κ2) is 12.8. The summed E-state index contributed by atoms with van der Waals surface area (Å²) in [7, 11) is 1.74. The van der Waals surface area contributed by atoms with Crippen LogP contribution in [-0.2, 0) is 4.74 Å². The summed E-state index contributed by atoms with van der Waals surface area (Å²) in [6, 6.07) is 0. The van der Waals surface area contributed by atoms with Crippen LogP contribution in [0.2, 0.25) is 0 Å². The average molecular weight is 225 g/mol. The Balaban J connectivity index is 3.04. The van der Waals surface area contributed by atoms with Crippen molar-refractivity contribution in [2.45, 2.75) is 70.8 Å². The van der Waals surface area contributed by atoms with Crippen LogP contribution in [0.25, 0.3) is 0 Å². The quantitative estimate of drug-likeness (QED) is 0.358. The zero-order valence-electron chi connectivity index (χ0n) is 11.2. The monoisotopic (exact) mass is 225 g/mol. The minimum Gasteiger partial charge on any atom is -0.381 e. The molecule has 1 atom stereocenters. The van der Waals surface area contributed by atoms with Gasteiger partial charge in [-0.05, 0) is 32.6 Å². The third-order valence-electron chi connectivity index (χ3n) is 2.85. The van der Waals surface area contributed by atoms with E-state index in [9.17, 15) is 0 Å². The molecule has 0 aromatic carbocycles. The van der Waals surface area contributed by atoms with Crippen molar-refractivity contribution < 1.29 is 4.74 Å². The molecule has 1 unspecified atom stereocenters. The summed E-state index contributed by atoms with van der Waals surface area (Å²) >= 11 is 0. The molecule has 0 rings (SSSR count). The van der Waals surface area contributed by atoms with E-state index in [0.717, 1.165) is 6.42 Å². The minimum atomic E-state index is 0.192. The van der Waals surface area contributed by atoms with E-state index in [-0.39, 0.29) is 6.10 Å². The van der Waals surface area contributed by atoms with Crippen LogP contribution in [-0.4, -0.2) is 13.2 Å².